The van der Waals surface area contributed by atoms with Gasteiger partial charge in [0.2, 0.25) is 0 Å². The Hall–Kier alpha value is -1.13. The van der Waals surface area contributed by atoms with E-state index in [1.807, 2.05) is 13.0 Å². The lowest BCUT2D eigenvalue weighted by Gasteiger charge is -2.01. The van der Waals surface area contributed by atoms with Crippen LogP contribution in [0.5, 0.6) is 0 Å². The summed E-state index contributed by atoms with van der Waals surface area (Å²) in [7, 11) is 1.60. The number of rotatable bonds is 1. The van der Waals surface area contributed by atoms with Gasteiger partial charge in [-0.3, -0.25) is 4.98 Å². The van der Waals surface area contributed by atoms with E-state index in [1.54, 1.807) is 18.3 Å². The maximum atomic E-state index is 11.1. The van der Waals surface area contributed by atoms with Gasteiger partial charge in [0.1, 0.15) is 0 Å². The summed E-state index contributed by atoms with van der Waals surface area (Å²) in [6.45, 7) is 1.85. The lowest BCUT2D eigenvalue weighted by Crippen LogP contribution is -1.90. The summed E-state index contributed by atoms with van der Waals surface area (Å²) in [5, 5.41) is 1.72. The second-order valence-electron chi connectivity index (χ2n) is 3.27. The molecule has 3 nitrogen and oxygen atoms in total. The molecule has 0 saturated carbocycles. The molecule has 0 aliphatic carbocycles. The van der Waals surface area contributed by atoms with Crippen molar-refractivity contribution >= 4 is 30.5 Å². The predicted octanol–water partition coefficient (Wildman–Crippen LogP) is 2.47. The van der Waals surface area contributed by atoms with Crippen LogP contribution in [0.15, 0.2) is 35.4 Å². The average molecular weight is 242 g/mol. The lowest BCUT2D eigenvalue weighted by molar-refractivity contribution is 0.609. The first-order valence-corrected chi connectivity index (χ1v) is 6.59. The third-order valence-corrected chi connectivity index (χ3v) is 3.46. The predicted molar refractivity (Wildman–Crippen MR) is 59.5 cm³/mol. The number of pyridine rings is 1. The van der Waals surface area contributed by atoms with Crippen LogP contribution < -0.4 is 0 Å². The summed E-state index contributed by atoms with van der Waals surface area (Å²) < 4.78 is 22.2. The second kappa shape index (κ2) is 3.47. The quantitative estimate of drug-likeness (QED) is 0.721. The normalized spacial score (nSPS) is 11.9. The van der Waals surface area contributed by atoms with E-state index >= 15 is 0 Å². The van der Waals surface area contributed by atoms with Crippen LogP contribution in [0.25, 0.3) is 10.8 Å². The molecule has 15 heavy (non-hydrogen) atoms. The van der Waals surface area contributed by atoms with Crippen LogP contribution in [0.1, 0.15) is 5.69 Å². The standard InChI is InChI=1S/C10H8ClNO2S/c1-7-4-9-5-10(15(11,13)14)3-2-8(9)6-12-7/h2-6H,1H3. The Morgan fingerprint density at radius 1 is 1.20 bits per heavy atom. The number of aromatic nitrogens is 1. The SMILES string of the molecule is Cc1cc2cc(S(=O)(=O)Cl)ccc2cn1. The Balaban J connectivity index is 2.75. The van der Waals surface area contributed by atoms with E-state index in [4.69, 9.17) is 10.7 Å². The zero-order chi connectivity index (χ0) is 11.1. The number of benzene rings is 1. The van der Waals surface area contributed by atoms with Gasteiger partial charge in [0, 0.05) is 28.0 Å². The lowest BCUT2D eigenvalue weighted by atomic mass is 10.1. The third kappa shape index (κ3) is 2.11. The number of nitrogens with zero attached hydrogens (tertiary/aromatic N) is 1. The molecule has 1 aromatic carbocycles. The molecule has 0 fully saturated rings. The Morgan fingerprint density at radius 3 is 2.60 bits per heavy atom. The van der Waals surface area contributed by atoms with Crippen molar-refractivity contribution < 1.29 is 8.42 Å². The van der Waals surface area contributed by atoms with Crippen molar-refractivity contribution in [3.63, 3.8) is 0 Å². The van der Waals surface area contributed by atoms with E-state index in [1.165, 1.54) is 6.07 Å². The van der Waals surface area contributed by atoms with Crippen molar-refractivity contribution in [2.75, 3.05) is 0 Å². The molecule has 0 bridgehead atoms. The van der Waals surface area contributed by atoms with Crippen molar-refractivity contribution in [2.45, 2.75) is 11.8 Å². The summed E-state index contributed by atoms with van der Waals surface area (Å²) in [5.41, 5.74) is 0.839. The van der Waals surface area contributed by atoms with Gasteiger partial charge in [0.25, 0.3) is 9.05 Å². The molecule has 0 N–H and O–H groups in total. The zero-order valence-electron chi connectivity index (χ0n) is 7.94. The smallest absolute Gasteiger partial charge is 0.261 e. The van der Waals surface area contributed by atoms with Gasteiger partial charge in [0.15, 0.2) is 0 Å². The molecule has 0 atom stereocenters. The summed E-state index contributed by atoms with van der Waals surface area (Å²) in [6, 6.07) is 6.53. The van der Waals surface area contributed by atoms with E-state index in [0.717, 1.165) is 16.5 Å². The molecule has 2 aromatic rings. The highest BCUT2D eigenvalue weighted by molar-refractivity contribution is 8.13. The molecule has 0 aliphatic heterocycles. The Kier molecular flexibility index (Phi) is 2.40. The minimum Gasteiger partial charge on any atom is -0.261 e. The van der Waals surface area contributed by atoms with Crippen molar-refractivity contribution in [3.8, 4) is 0 Å². The highest BCUT2D eigenvalue weighted by Crippen LogP contribution is 2.21. The topological polar surface area (TPSA) is 47.0 Å². The minimum absolute atomic E-state index is 0.113. The summed E-state index contributed by atoms with van der Waals surface area (Å²) in [4.78, 5) is 4.23. The van der Waals surface area contributed by atoms with E-state index < -0.39 is 9.05 Å². The largest absolute Gasteiger partial charge is 0.261 e. The molecule has 0 radical (unpaired) electrons. The number of hydrogen-bond acceptors (Lipinski definition) is 3. The van der Waals surface area contributed by atoms with E-state index in [2.05, 4.69) is 4.98 Å². The zero-order valence-corrected chi connectivity index (χ0v) is 9.51. The third-order valence-electron chi connectivity index (χ3n) is 2.11. The average Bonchev–Trinajstić information content (AvgIpc) is 2.15. The van der Waals surface area contributed by atoms with Gasteiger partial charge in [-0.25, -0.2) is 8.42 Å². The van der Waals surface area contributed by atoms with E-state index in [-0.39, 0.29) is 4.90 Å². The molecule has 2 rings (SSSR count). The van der Waals surface area contributed by atoms with E-state index in [9.17, 15) is 8.42 Å². The maximum absolute atomic E-state index is 11.1. The fourth-order valence-corrected chi connectivity index (χ4v) is 2.17. The van der Waals surface area contributed by atoms with Gasteiger partial charge < -0.3 is 0 Å². The van der Waals surface area contributed by atoms with Gasteiger partial charge >= 0.3 is 0 Å². The first kappa shape index (κ1) is 10.4. The number of halogens is 1. The second-order valence-corrected chi connectivity index (χ2v) is 5.84. The van der Waals surface area contributed by atoms with Gasteiger partial charge in [-0.05, 0) is 30.5 Å². The highest BCUT2D eigenvalue weighted by atomic mass is 35.7. The Morgan fingerprint density at radius 2 is 1.93 bits per heavy atom. The number of fused-ring (bicyclic) bond motifs is 1. The van der Waals surface area contributed by atoms with Gasteiger partial charge in [-0.15, -0.1) is 0 Å². The molecule has 0 saturated heterocycles. The molecular formula is C10H8ClNO2S. The first-order chi connectivity index (χ1) is 6.97. The van der Waals surface area contributed by atoms with Crippen LogP contribution in [-0.4, -0.2) is 13.4 Å². The van der Waals surface area contributed by atoms with Crippen LogP contribution >= 0.6 is 10.7 Å². The van der Waals surface area contributed by atoms with Crippen LogP contribution in [0, 0.1) is 6.92 Å². The number of hydrogen-bond donors (Lipinski definition) is 0. The molecular weight excluding hydrogens is 234 g/mol. The molecule has 0 unspecified atom stereocenters. The summed E-state index contributed by atoms with van der Waals surface area (Å²) >= 11 is 0. The van der Waals surface area contributed by atoms with Crippen molar-refractivity contribution in [1.29, 1.82) is 0 Å². The van der Waals surface area contributed by atoms with Gasteiger partial charge in [0.05, 0.1) is 4.90 Å². The van der Waals surface area contributed by atoms with Crippen molar-refractivity contribution in [1.82, 2.24) is 4.98 Å². The number of aryl methyl sites for hydroxylation is 1. The van der Waals surface area contributed by atoms with Crippen molar-refractivity contribution in [2.24, 2.45) is 0 Å². The van der Waals surface area contributed by atoms with Crippen LogP contribution in [0.3, 0.4) is 0 Å². The van der Waals surface area contributed by atoms with Gasteiger partial charge in [-0.1, -0.05) is 6.07 Å². The molecule has 0 aliphatic rings. The fourth-order valence-electron chi connectivity index (χ4n) is 1.38. The van der Waals surface area contributed by atoms with Gasteiger partial charge in [-0.2, -0.15) is 0 Å². The Bertz CT molecular complexity index is 622. The van der Waals surface area contributed by atoms with Crippen LogP contribution in [-0.2, 0) is 9.05 Å². The molecule has 0 spiro atoms. The molecule has 78 valence electrons. The molecule has 0 amide bonds. The molecule has 1 heterocycles. The summed E-state index contributed by atoms with van der Waals surface area (Å²) in [5.74, 6) is 0. The summed E-state index contributed by atoms with van der Waals surface area (Å²) in [6.07, 6.45) is 1.70. The van der Waals surface area contributed by atoms with Crippen LogP contribution in [0.4, 0.5) is 0 Å². The molecule has 5 heteroatoms. The molecule has 1 aromatic heterocycles. The highest BCUT2D eigenvalue weighted by Gasteiger charge is 2.09. The van der Waals surface area contributed by atoms with Crippen LogP contribution in [0.2, 0.25) is 0 Å². The monoisotopic (exact) mass is 241 g/mol. The van der Waals surface area contributed by atoms with E-state index in [0.29, 0.717) is 0 Å². The van der Waals surface area contributed by atoms with Crippen molar-refractivity contribution in [3.05, 3.63) is 36.2 Å². The maximum Gasteiger partial charge on any atom is 0.261 e. The Labute approximate surface area is 92.1 Å². The minimum atomic E-state index is -3.66. The fraction of sp³-hybridized carbons (Fsp3) is 0.100. The first-order valence-electron chi connectivity index (χ1n) is 4.28.